The fourth-order valence-electron chi connectivity index (χ4n) is 0.419. The summed E-state index contributed by atoms with van der Waals surface area (Å²) in [5, 5.41) is 0. The first-order valence-electron chi connectivity index (χ1n) is 2.80. The van der Waals surface area contributed by atoms with E-state index in [0.717, 1.165) is 6.08 Å². The molecule has 3 nitrogen and oxygen atoms in total. The summed E-state index contributed by atoms with van der Waals surface area (Å²) in [6.45, 7) is 6.33. The number of carbonyl (C=O) groups is 1. The van der Waals surface area contributed by atoms with E-state index in [1.54, 1.807) is 0 Å². The van der Waals surface area contributed by atoms with Crippen molar-refractivity contribution in [3.63, 3.8) is 0 Å². The Bertz CT molecular complexity index is 200. The number of hydrogen-bond donors (Lipinski definition) is 0. The van der Waals surface area contributed by atoms with Gasteiger partial charge in [-0.25, -0.2) is 4.79 Å². The maximum Gasteiger partial charge on any atom is 0.235 e. The first kappa shape index (κ1) is 8.79. The molecule has 0 N–H and O–H groups in total. The van der Waals surface area contributed by atoms with Crippen molar-refractivity contribution in [1.29, 1.82) is 0 Å². The van der Waals surface area contributed by atoms with E-state index in [4.69, 9.17) is 0 Å². The zero-order valence-corrected chi connectivity index (χ0v) is 6.05. The summed E-state index contributed by atoms with van der Waals surface area (Å²) < 4.78 is 0. The molecule has 0 saturated carbocycles. The molecular weight excluding hydrogens is 130 g/mol. The van der Waals surface area contributed by atoms with Crippen molar-refractivity contribution in [2.75, 3.05) is 0 Å². The van der Waals surface area contributed by atoms with Gasteiger partial charge in [-0.15, -0.1) is 0 Å². The first-order valence-corrected chi connectivity index (χ1v) is 2.80. The third-order valence-corrected chi connectivity index (χ3v) is 1.11. The highest BCUT2D eigenvalue weighted by molar-refractivity contribution is 5.97. The van der Waals surface area contributed by atoms with Gasteiger partial charge in [0.05, 0.1) is 0 Å². The molecule has 0 fully saturated rings. The van der Waals surface area contributed by atoms with Crippen molar-refractivity contribution in [3.8, 4) is 0 Å². The SMILES string of the molecule is C=CC(=O)C(C)(C)N=C=O. The minimum Gasteiger partial charge on any atom is -0.292 e. The van der Waals surface area contributed by atoms with E-state index in [0.29, 0.717) is 0 Å². The second-order valence-electron chi connectivity index (χ2n) is 2.33. The van der Waals surface area contributed by atoms with Crippen LogP contribution in [-0.4, -0.2) is 17.4 Å². The molecule has 0 amide bonds. The van der Waals surface area contributed by atoms with E-state index in [2.05, 4.69) is 11.6 Å². The summed E-state index contributed by atoms with van der Waals surface area (Å²) in [6, 6.07) is 0. The van der Waals surface area contributed by atoms with Crippen molar-refractivity contribution >= 4 is 11.9 Å². The standard InChI is InChI=1S/C7H9NO2/c1-4-6(10)7(2,3)8-5-9/h4H,1H2,2-3H3. The molecule has 0 aliphatic heterocycles. The summed E-state index contributed by atoms with van der Waals surface area (Å²) in [6.07, 6.45) is 2.47. The Morgan fingerprint density at radius 2 is 2.20 bits per heavy atom. The summed E-state index contributed by atoms with van der Waals surface area (Å²) >= 11 is 0. The van der Waals surface area contributed by atoms with Gasteiger partial charge in [-0.3, -0.25) is 4.79 Å². The Labute approximate surface area is 59.5 Å². The van der Waals surface area contributed by atoms with Crippen LogP contribution >= 0.6 is 0 Å². The molecule has 0 aliphatic rings. The lowest BCUT2D eigenvalue weighted by Gasteiger charge is -2.11. The Balaban J connectivity index is 4.54. The highest BCUT2D eigenvalue weighted by atomic mass is 16.1. The van der Waals surface area contributed by atoms with Crippen LogP contribution < -0.4 is 0 Å². The largest absolute Gasteiger partial charge is 0.292 e. The fraction of sp³-hybridized carbons (Fsp3) is 0.429. The summed E-state index contributed by atoms with van der Waals surface area (Å²) in [5.41, 5.74) is -0.997. The molecule has 0 bridgehead atoms. The lowest BCUT2D eigenvalue weighted by molar-refractivity contribution is -0.118. The van der Waals surface area contributed by atoms with Gasteiger partial charge in [-0.1, -0.05) is 6.58 Å². The van der Waals surface area contributed by atoms with E-state index in [1.165, 1.54) is 19.9 Å². The topological polar surface area (TPSA) is 46.5 Å². The van der Waals surface area contributed by atoms with E-state index >= 15 is 0 Å². The van der Waals surface area contributed by atoms with Gasteiger partial charge in [-0.05, 0) is 19.9 Å². The molecular formula is C7H9NO2. The van der Waals surface area contributed by atoms with Crippen LogP contribution in [0.4, 0.5) is 0 Å². The lowest BCUT2D eigenvalue weighted by Crippen LogP contribution is -2.26. The van der Waals surface area contributed by atoms with Crippen LogP contribution in [0.1, 0.15) is 13.8 Å². The zero-order valence-electron chi connectivity index (χ0n) is 6.05. The number of aliphatic imine (C=N–C) groups is 1. The molecule has 0 spiro atoms. The lowest BCUT2D eigenvalue weighted by atomic mass is 10.0. The van der Waals surface area contributed by atoms with E-state index < -0.39 is 5.54 Å². The number of carbonyl (C=O) groups excluding carboxylic acids is 2. The minimum absolute atomic E-state index is 0.282. The predicted molar refractivity (Wildman–Crippen MR) is 37.4 cm³/mol. The molecule has 0 saturated heterocycles. The Hall–Kier alpha value is -1.21. The summed E-state index contributed by atoms with van der Waals surface area (Å²) in [5.74, 6) is -0.282. The quantitative estimate of drug-likeness (QED) is 0.330. The Morgan fingerprint density at radius 1 is 1.70 bits per heavy atom. The van der Waals surface area contributed by atoms with Crippen LogP contribution in [0.15, 0.2) is 17.6 Å². The van der Waals surface area contributed by atoms with Gasteiger partial charge >= 0.3 is 0 Å². The first-order chi connectivity index (χ1) is 4.54. The monoisotopic (exact) mass is 139 g/mol. The summed E-state index contributed by atoms with van der Waals surface area (Å²) in [7, 11) is 0. The molecule has 0 heterocycles. The zero-order chi connectivity index (χ0) is 8.20. The highest BCUT2D eigenvalue weighted by Gasteiger charge is 2.23. The fourth-order valence-corrected chi connectivity index (χ4v) is 0.419. The second-order valence-corrected chi connectivity index (χ2v) is 2.33. The molecule has 0 aromatic heterocycles. The van der Waals surface area contributed by atoms with Crippen molar-refractivity contribution in [1.82, 2.24) is 0 Å². The van der Waals surface area contributed by atoms with Crippen LogP contribution in [0, 0.1) is 0 Å². The number of nitrogens with zero attached hydrogens (tertiary/aromatic N) is 1. The molecule has 0 radical (unpaired) electrons. The molecule has 0 aliphatic carbocycles. The average molecular weight is 139 g/mol. The second kappa shape index (κ2) is 3.08. The molecule has 0 rings (SSSR count). The molecule has 0 atom stereocenters. The van der Waals surface area contributed by atoms with Crippen LogP contribution in [0.25, 0.3) is 0 Å². The molecule has 0 unspecified atom stereocenters. The van der Waals surface area contributed by atoms with Gasteiger partial charge < -0.3 is 0 Å². The van der Waals surface area contributed by atoms with Crippen molar-refractivity contribution in [3.05, 3.63) is 12.7 Å². The van der Waals surface area contributed by atoms with Crippen LogP contribution in [0.3, 0.4) is 0 Å². The maximum absolute atomic E-state index is 10.8. The predicted octanol–water partition coefficient (Wildman–Crippen LogP) is 0.856. The third kappa shape index (κ3) is 1.96. The van der Waals surface area contributed by atoms with Gasteiger partial charge in [0.25, 0.3) is 0 Å². The van der Waals surface area contributed by atoms with Crippen molar-refractivity contribution in [2.45, 2.75) is 19.4 Å². The van der Waals surface area contributed by atoms with E-state index in [-0.39, 0.29) is 5.78 Å². The molecule has 54 valence electrons. The van der Waals surface area contributed by atoms with Crippen LogP contribution in [0.5, 0.6) is 0 Å². The smallest absolute Gasteiger partial charge is 0.235 e. The number of rotatable bonds is 3. The number of hydrogen-bond acceptors (Lipinski definition) is 3. The Kier molecular flexibility index (Phi) is 2.71. The van der Waals surface area contributed by atoms with Crippen LogP contribution in [-0.2, 0) is 9.59 Å². The number of ketones is 1. The minimum atomic E-state index is -0.997. The molecule has 3 heteroatoms. The summed E-state index contributed by atoms with van der Waals surface area (Å²) in [4.78, 5) is 23.9. The Morgan fingerprint density at radius 3 is 2.50 bits per heavy atom. The van der Waals surface area contributed by atoms with Gasteiger partial charge in [-0.2, -0.15) is 4.99 Å². The third-order valence-electron chi connectivity index (χ3n) is 1.11. The van der Waals surface area contributed by atoms with Gasteiger partial charge in [0, 0.05) is 0 Å². The highest BCUT2D eigenvalue weighted by Crippen LogP contribution is 2.08. The van der Waals surface area contributed by atoms with Gasteiger partial charge in [0.1, 0.15) is 5.54 Å². The molecule has 10 heavy (non-hydrogen) atoms. The maximum atomic E-state index is 10.8. The molecule has 0 aromatic rings. The van der Waals surface area contributed by atoms with Crippen LogP contribution in [0.2, 0.25) is 0 Å². The average Bonchev–Trinajstić information content (AvgIpc) is 1.86. The van der Waals surface area contributed by atoms with Crippen molar-refractivity contribution < 1.29 is 9.59 Å². The van der Waals surface area contributed by atoms with E-state index in [9.17, 15) is 9.59 Å². The van der Waals surface area contributed by atoms with Gasteiger partial charge in [0.2, 0.25) is 6.08 Å². The number of isocyanates is 1. The normalized spacial score (nSPS) is 9.80. The van der Waals surface area contributed by atoms with Gasteiger partial charge in [0.15, 0.2) is 5.78 Å². The molecule has 0 aromatic carbocycles. The van der Waals surface area contributed by atoms with E-state index in [1.807, 2.05) is 0 Å². The van der Waals surface area contributed by atoms with Crippen molar-refractivity contribution in [2.24, 2.45) is 4.99 Å².